The van der Waals surface area contributed by atoms with Gasteiger partial charge in [0.1, 0.15) is 17.4 Å². The lowest BCUT2D eigenvalue weighted by atomic mass is 10.3. The normalized spacial score (nSPS) is 10.8. The van der Waals surface area contributed by atoms with Crippen molar-refractivity contribution in [1.82, 2.24) is 14.8 Å². The SMILES string of the molecule is CCOC(=O)c1cc(C)sc1NC(=O)CSc1nnc(COc2ccc(Cl)cc2Cl)n1C. The summed E-state index contributed by atoms with van der Waals surface area (Å²) in [6.45, 7) is 4.00. The fraction of sp³-hybridized carbons (Fsp3) is 0.300. The summed E-state index contributed by atoms with van der Waals surface area (Å²) in [5.41, 5.74) is 0.353. The number of nitrogens with zero attached hydrogens (tertiary/aromatic N) is 3. The molecule has 12 heteroatoms. The zero-order chi connectivity index (χ0) is 23.3. The van der Waals surface area contributed by atoms with Crippen LogP contribution in [0.15, 0.2) is 29.4 Å². The minimum absolute atomic E-state index is 0.0923. The van der Waals surface area contributed by atoms with E-state index in [1.807, 2.05) is 6.92 Å². The zero-order valence-electron chi connectivity index (χ0n) is 17.5. The first-order valence-corrected chi connectivity index (χ1v) is 12.0. The van der Waals surface area contributed by atoms with Crippen LogP contribution >= 0.6 is 46.3 Å². The molecule has 32 heavy (non-hydrogen) atoms. The molecule has 0 atom stereocenters. The van der Waals surface area contributed by atoms with Gasteiger partial charge in [0, 0.05) is 16.9 Å². The molecule has 2 heterocycles. The molecule has 0 radical (unpaired) electrons. The summed E-state index contributed by atoms with van der Waals surface area (Å²) >= 11 is 14.5. The fourth-order valence-electron chi connectivity index (χ4n) is 2.59. The number of hydrogen-bond acceptors (Lipinski definition) is 8. The monoisotopic (exact) mass is 514 g/mol. The van der Waals surface area contributed by atoms with Crippen molar-refractivity contribution in [3.8, 4) is 5.75 Å². The van der Waals surface area contributed by atoms with Gasteiger partial charge in [-0.1, -0.05) is 35.0 Å². The molecule has 0 fully saturated rings. The van der Waals surface area contributed by atoms with E-state index in [0.29, 0.717) is 37.3 Å². The second kappa shape index (κ2) is 11.0. The van der Waals surface area contributed by atoms with Crippen LogP contribution in [-0.4, -0.2) is 39.0 Å². The molecular formula is C20H20Cl2N4O4S2. The number of carbonyl (C=O) groups excluding carboxylic acids is 2. The molecule has 1 amide bonds. The predicted octanol–water partition coefficient (Wildman–Crippen LogP) is 4.98. The lowest BCUT2D eigenvalue weighted by Crippen LogP contribution is -2.16. The van der Waals surface area contributed by atoms with Crippen molar-refractivity contribution in [3.05, 3.63) is 50.6 Å². The second-order valence-corrected chi connectivity index (χ2v) is 9.52. The van der Waals surface area contributed by atoms with Crippen molar-refractivity contribution >= 4 is 63.2 Å². The number of thioether (sulfide) groups is 1. The summed E-state index contributed by atoms with van der Waals surface area (Å²) in [6.07, 6.45) is 0. The molecule has 0 aliphatic heterocycles. The number of hydrogen-bond donors (Lipinski definition) is 1. The van der Waals surface area contributed by atoms with E-state index >= 15 is 0 Å². The number of esters is 1. The molecule has 2 aromatic heterocycles. The van der Waals surface area contributed by atoms with Crippen LogP contribution < -0.4 is 10.1 Å². The number of halogens is 2. The Kier molecular flexibility index (Phi) is 8.41. The Balaban J connectivity index is 1.57. The molecule has 0 spiro atoms. The Morgan fingerprint density at radius 1 is 1.25 bits per heavy atom. The molecule has 3 rings (SSSR count). The largest absolute Gasteiger partial charge is 0.484 e. The van der Waals surface area contributed by atoms with Crippen LogP contribution in [0, 0.1) is 6.92 Å². The van der Waals surface area contributed by atoms with Crippen molar-refractivity contribution < 1.29 is 19.1 Å². The maximum Gasteiger partial charge on any atom is 0.341 e. The Morgan fingerprint density at radius 3 is 2.75 bits per heavy atom. The van der Waals surface area contributed by atoms with Gasteiger partial charge >= 0.3 is 5.97 Å². The summed E-state index contributed by atoms with van der Waals surface area (Å²) in [7, 11) is 1.78. The molecule has 8 nitrogen and oxygen atoms in total. The minimum Gasteiger partial charge on any atom is -0.484 e. The van der Waals surface area contributed by atoms with Gasteiger partial charge in [0.2, 0.25) is 5.91 Å². The van der Waals surface area contributed by atoms with Gasteiger partial charge < -0.3 is 19.4 Å². The van der Waals surface area contributed by atoms with E-state index in [-0.39, 0.29) is 24.9 Å². The van der Waals surface area contributed by atoms with Crippen LogP contribution in [0.1, 0.15) is 28.0 Å². The standard InChI is InChI=1S/C20H20Cl2N4O4S2/c1-4-29-19(28)13-7-11(2)32-18(13)23-17(27)10-31-20-25-24-16(26(20)3)9-30-15-6-5-12(21)8-14(15)22/h5-8H,4,9-10H2,1-3H3,(H,23,27). The Hall–Kier alpha value is -2.27. The maximum atomic E-state index is 12.4. The highest BCUT2D eigenvalue weighted by molar-refractivity contribution is 7.99. The summed E-state index contributed by atoms with van der Waals surface area (Å²) in [5.74, 6) is 0.415. The molecule has 170 valence electrons. The molecule has 0 saturated heterocycles. The number of benzene rings is 1. The highest BCUT2D eigenvalue weighted by Crippen LogP contribution is 2.30. The number of amides is 1. The van der Waals surface area contributed by atoms with Crippen LogP contribution in [0.25, 0.3) is 0 Å². The van der Waals surface area contributed by atoms with Gasteiger partial charge in [-0.25, -0.2) is 4.79 Å². The smallest absolute Gasteiger partial charge is 0.341 e. The van der Waals surface area contributed by atoms with E-state index in [9.17, 15) is 9.59 Å². The van der Waals surface area contributed by atoms with Gasteiger partial charge in [-0.05, 0) is 38.1 Å². The first-order chi connectivity index (χ1) is 15.3. The quantitative estimate of drug-likeness (QED) is 0.317. The summed E-state index contributed by atoms with van der Waals surface area (Å²) < 4.78 is 12.5. The van der Waals surface area contributed by atoms with E-state index in [2.05, 4.69) is 15.5 Å². The maximum absolute atomic E-state index is 12.4. The first-order valence-electron chi connectivity index (χ1n) is 9.44. The van der Waals surface area contributed by atoms with Gasteiger partial charge in [-0.3, -0.25) is 4.79 Å². The molecule has 0 aliphatic carbocycles. The molecular weight excluding hydrogens is 495 g/mol. The second-order valence-electron chi connectivity index (χ2n) is 6.48. The summed E-state index contributed by atoms with van der Waals surface area (Å²) in [4.78, 5) is 25.4. The van der Waals surface area contributed by atoms with E-state index in [1.54, 1.807) is 42.8 Å². The van der Waals surface area contributed by atoms with E-state index < -0.39 is 5.97 Å². The number of carbonyl (C=O) groups is 2. The van der Waals surface area contributed by atoms with Crippen molar-refractivity contribution in [2.24, 2.45) is 7.05 Å². The number of rotatable bonds is 9. The van der Waals surface area contributed by atoms with Crippen molar-refractivity contribution in [2.45, 2.75) is 25.6 Å². The minimum atomic E-state index is -0.460. The Bertz CT molecular complexity index is 1130. The first kappa shape index (κ1) is 24.4. The van der Waals surface area contributed by atoms with Gasteiger partial charge in [0.05, 0.1) is 22.9 Å². The van der Waals surface area contributed by atoms with Crippen LogP contribution in [0.4, 0.5) is 5.00 Å². The van der Waals surface area contributed by atoms with Crippen LogP contribution in [0.5, 0.6) is 5.75 Å². The van der Waals surface area contributed by atoms with E-state index in [4.69, 9.17) is 32.7 Å². The molecule has 1 N–H and O–H groups in total. The number of nitrogens with one attached hydrogen (secondary N) is 1. The van der Waals surface area contributed by atoms with Crippen LogP contribution in [-0.2, 0) is 23.2 Å². The van der Waals surface area contributed by atoms with Crippen molar-refractivity contribution in [3.63, 3.8) is 0 Å². The fourth-order valence-corrected chi connectivity index (χ4v) is 4.70. The molecule has 1 aromatic carbocycles. The Morgan fingerprint density at radius 2 is 2.03 bits per heavy atom. The predicted molar refractivity (Wildman–Crippen MR) is 126 cm³/mol. The Labute approximate surface area is 203 Å². The topological polar surface area (TPSA) is 95.3 Å². The number of aromatic nitrogens is 3. The number of ether oxygens (including phenoxy) is 2. The van der Waals surface area contributed by atoms with Gasteiger partial charge in [-0.15, -0.1) is 21.5 Å². The third-order valence-corrected chi connectivity index (χ3v) is 6.63. The molecule has 0 saturated carbocycles. The number of anilines is 1. The van der Waals surface area contributed by atoms with E-state index in [0.717, 1.165) is 4.88 Å². The number of thiophene rings is 1. The third-order valence-electron chi connectivity index (χ3n) is 4.11. The molecule has 3 aromatic rings. The van der Waals surface area contributed by atoms with Crippen LogP contribution in [0.3, 0.4) is 0 Å². The lowest BCUT2D eigenvalue weighted by Gasteiger charge is -2.08. The highest BCUT2D eigenvalue weighted by atomic mass is 35.5. The van der Waals surface area contributed by atoms with Gasteiger partial charge in [0.15, 0.2) is 11.0 Å². The van der Waals surface area contributed by atoms with Crippen molar-refractivity contribution in [2.75, 3.05) is 17.7 Å². The van der Waals surface area contributed by atoms with Crippen LogP contribution in [0.2, 0.25) is 10.0 Å². The summed E-state index contributed by atoms with van der Waals surface area (Å²) in [6, 6.07) is 6.66. The average Bonchev–Trinajstić information content (AvgIpc) is 3.28. The number of aryl methyl sites for hydroxylation is 1. The highest BCUT2D eigenvalue weighted by Gasteiger charge is 2.19. The van der Waals surface area contributed by atoms with Crippen molar-refractivity contribution in [1.29, 1.82) is 0 Å². The zero-order valence-corrected chi connectivity index (χ0v) is 20.6. The van der Waals surface area contributed by atoms with E-state index in [1.165, 1.54) is 23.1 Å². The third kappa shape index (κ3) is 6.16. The van der Waals surface area contributed by atoms with Gasteiger partial charge in [0.25, 0.3) is 0 Å². The van der Waals surface area contributed by atoms with Gasteiger partial charge in [-0.2, -0.15) is 0 Å². The molecule has 0 aliphatic rings. The average molecular weight is 515 g/mol. The molecule has 0 bridgehead atoms. The lowest BCUT2D eigenvalue weighted by molar-refractivity contribution is -0.113. The summed E-state index contributed by atoms with van der Waals surface area (Å²) in [5, 5.41) is 12.9. The molecule has 0 unspecified atom stereocenters.